The van der Waals surface area contributed by atoms with Crippen LogP contribution in [0.4, 0.5) is 0 Å². The summed E-state index contributed by atoms with van der Waals surface area (Å²) >= 11 is 0. The van der Waals surface area contributed by atoms with Gasteiger partial charge in [0.25, 0.3) is 0 Å². The van der Waals surface area contributed by atoms with Crippen LogP contribution in [0.5, 0.6) is 0 Å². The van der Waals surface area contributed by atoms with E-state index in [-0.39, 0.29) is 20.1 Å². The molecule has 1 unspecified atom stereocenters. The van der Waals surface area contributed by atoms with Gasteiger partial charge >= 0.3 is 0 Å². The second kappa shape index (κ2) is 16.1. The molecule has 0 aliphatic heterocycles. The quantitative estimate of drug-likeness (QED) is 0.121. The first-order chi connectivity index (χ1) is 21.6. The Morgan fingerprint density at radius 3 is 1.80 bits per heavy atom. The fourth-order valence-corrected chi connectivity index (χ4v) is 8.11. The van der Waals surface area contributed by atoms with Gasteiger partial charge in [-0.05, 0) is 70.8 Å². The number of pyridine rings is 2. The van der Waals surface area contributed by atoms with Crippen molar-refractivity contribution in [3.63, 3.8) is 0 Å². The molecule has 2 nitrogen and oxygen atoms in total. The Balaban J connectivity index is 0.000000205. The van der Waals surface area contributed by atoms with Gasteiger partial charge in [0.05, 0.1) is 8.07 Å². The SMILES string of the molecule is CC(c1cc(-c2[c-]cccc2)ncc1[Si](C)(C)C)C1CCCC1.Cc1ccc(-c2cc(-c3[c-]cccc3)ncc2C(C)C)cc1.[Ir]. The molecule has 2 aromatic heterocycles. The summed E-state index contributed by atoms with van der Waals surface area (Å²) in [6.07, 6.45) is 9.77. The molecule has 4 heteroatoms. The van der Waals surface area contributed by atoms with Crippen LogP contribution in [0.25, 0.3) is 33.6 Å². The van der Waals surface area contributed by atoms with Gasteiger partial charge in [-0.25, -0.2) is 0 Å². The fourth-order valence-electron chi connectivity index (χ4n) is 6.49. The van der Waals surface area contributed by atoms with E-state index in [9.17, 15) is 0 Å². The van der Waals surface area contributed by atoms with Crippen molar-refractivity contribution in [2.45, 2.75) is 84.9 Å². The minimum absolute atomic E-state index is 0. The van der Waals surface area contributed by atoms with E-state index in [1.165, 1.54) is 53.1 Å². The van der Waals surface area contributed by atoms with Gasteiger partial charge in [0.15, 0.2) is 0 Å². The van der Waals surface area contributed by atoms with Crippen molar-refractivity contribution in [1.82, 2.24) is 9.97 Å². The molecule has 3 aromatic carbocycles. The predicted molar refractivity (Wildman–Crippen MR) is 195 cm³/mol. The summed E-state index contributed by atoms with van der Waals surface area (Å²) in [7, 11) is -1.39. The minimum atomic E-state index is -1.39. The van der Waals surface area contributed by atoms with Gasteiger partial charge in [0.1, 0.15) is 0 Å². The van der Waals surface area contributed by atoms with E-state index in [1.807, 2.05) is 36.5 Å². The van der Waals surface area contributed by atoms with Crippen LogP contribution in [0.3, 0.4) is 0 Å². The van der Waals surface area contributed by atoms with E-state index in [0.717, 1.165) is 28.4 Å². The molecule has 6 rings (SSSR count). The van der Waals surface area contributed by atoms with E-state index in [0.29, 0.717) is 11.8 Å². The molecule has 0 bridgehead atoms. The van der Waals surface area contributed by atoms with Gasteiger partial charge in [-0.3, -0.25) is 0 Å². The monoisotopic (exact) mass is 801 g/mol. The molecule has 241 valence electrons. The van der Waals surface area contributed by atoms with Crippen LogP contribution in [-0.4, -0.2) is 18.0 Å². The van der Waals surface area contributed by atoms with E-state index < -0.39 is 8.07 Å². The number of nitrogens with zero attached hydrogens (tertiary/aromatic N) is 2. The van der Waals surface area contributed by atoms with Crippen LogP contribution >= 0.6 is 0 Å². The van der Waals surface area contributed by atoms with Gasteiger partial charge < -0.3 is 9.97 Å². The molecular formula is C42H48IrN2Si-2. The van der Waals surface area contributed by atoms with Crippen molar-refractivity contribution >= 4 is 13.3 Å². The van der Waals surface area contributed by atoms with Gasteiger partial charge in [0, 0.05) is 32.5 Å². The Kier molecular flexibility index (Phi) is 12.5. The Morgan fingerprint density at radius 2 is 1.28 bits per heavy atom. The number of aromatic nitrogens is 2. The standard InChI is InChI=1S/C21H28NSi.C21H20N.Ir/c1-16(17-10-8-9-11-17)19-14-20(18-12-6-5-7-13-18)22-15-21(19)23(2,3)4;1-15(2)20-14-22-21(18-7-5-4-6-8-18)13-19(20)17-11-9-16(3)10-12-17;/h5-7,12,14-17H,8-11H2,1-4H3;4-7,9-15H,1-3H3;/q2*-1;. The van der Waals surface area contributed by atoms with Gasteiger partial charge in [-0.1, -0.05) is 101 Å². The summed E-state index contributed by atoms with van der Waals surface area (Å²) in [5, 5.41) is 1.54. The van der Waals surface area contributed by atoms with Crippen molar-refractivity contribution in [3.8, 4) is 33.6 Å². The van der Waals surface area contributed by atoms with Crippen molar-refractivity contribution in [2.24, 2.45) is 5.92 Å². The molecule has 0 amide bonds. The molecular weight excluding hydrogens is 753 g/mol. The fraction of sp³-hybridized carbons (Fsp3) is 0.333. The third-order valence-electron chi connectivity index (χ3n) is 9.23. The number of rotatable bonds is 7. The summed E-state index contributed by atoms with van der Waals surface area (Å²) in [6.45, 7) is 16.3. The zero-order valence-corrected chi connectivity index (χ0v) is 31.9. The summed E-state index contributed by atoms with van der Waals surface area (Å²) in [4.78, 5) is 9.43. The van der Waals surface area contributed by atoms with Crippen LogP contribution < -0.4 is 5.19 Å². The largest absolute Gasteiger partial charge is 0.305 e. The first-order valence-electron chi connectivity index (χ1n) is 16.6. The minimum Gasteiger partial charge on any atom is -0.305 e. The molecule has 1 aliphatic rings. The Morgan fingerprint density at radius 1 is 0.717 bits per heavy atom. The molecule has 1 atom stereocenters. The van der Waals surface area contributed by atoms with Gasteiger partial charge in [-0.15, -0.1) is 71.8 Å². The summed E-state index contributed by atoms with van der Waals surface area (Å²) < 4.78 is 0. The topological polar surface area (TPSA) is 25.8 Å². The molecule has 1 fully saturated rings. The Labute approximate surface area is 292 Å². The third-order valence-corrected chi connectivity index (χ3v) is 11.3. The first-order valence-corrected chi connectivity index (χ1v) is 20.1. The van der Waals surface area contributed by atoms with Crippen LogP contribution in [0, 0.1) is 25.0 Å². The predicted octanol–water partition coefficient (Wildman–Crippen LogP) is 11.0. The van der Waals surface area contributed by atoms with Crippen LogP contribution in [0.15, 0.2) is 97.3 Å². The number of hydrogen-bond donors (Lipinski definition) is 0. The second-order valence-electron chi connectivity index (χ2n) is 14.0. The number of hydrogen-bond acceptors (Lipinski definition) is 2. The van der Waals surface area contributed by atoms with E-state index in [2.05, 4.69) is 125 Å². The van der Waals surface area contributed by atoms with Crippen LogP contribution in [0.1, 0.15) is 75.0 Å². The first kappa shape index (κ1) is 35.7. The molecule has 2 heterocycles. The smallest absolute Gasteiger partial charge is 0.0799 e. The van der Waals surface area contributed by atoms with Crippen LogP contribution in [-0.2, 0) is 20.1 Å². The molecule has 0 saturated heterocycles. The summed E-state index contributed by atoms with van der Waals surface area (Å²) in [5.74, 6) is 1.93. The third kappa shape index (κ3) is 8.79. The Hall–Kier alpha value is -3.17. The molecule has 1 aliphatic carbocycles. The van der Waals surface area contributed by atoms with Crippen LogP contribution in [0.2, 0.25) is 19.6 Å². The maximum absolute atomic E-state index is 4.79. The molecule has 1 saturated carbocycles. The zero-order valence-electron chi connectivity index (χ0n) is 28.5. The maximum Gasteiger partial charge on any atom is 0.0799 e. The number of aryl methyl sites for hydroxylation is 1. The number of benzene rings is 3. The van der Waals surface area contributed by atoms with Gasteiger partial charge in [-0.2, -0.15) is 0 Å². The maximum atomic E-state index is 4.79. The zero-order chi connectivity index (χ0) is 32.0. The van der Waals surface area contributed by atoms with E-state index in [1.54, 1.807) is 5.56 Å². The molecule has 46 heavy (non-hydrogen) atoms. The normalized spacial score (nSPS) is 13.9. The molecule has 5 aromatic rings. The van der Waals surface area contributed by atoms with Crippen molar-refractivity contribution in [3.05, 3.63) is 126 Å². The van der Waals surface area contributed by atoms with Crippen molar-refractivity contribution in [1.29, 1.82) is 0 Å². The summed E-state index contributed by atoms with van der Waals surface area (Å²) in [6, 6.07) is 36.0. The van der Waals surface area contributed by atoms with Crippen molar-refractivity contribution < 1.29 is 20.1 Å². The van der Waals surface area contributed by atoms with E-state index in [4.69, 9.17) is 4.98 Å². The molecule has 0 N–H and O–H groups in total. The van der Waals surface area contributed by atoms with Gasteiger partial charge in [0.2, 0.25) is 0 Å². The Bertz CT molecular complexity index is 1670. The second-order valence-corrected chi connectivity index (χ2v) is 19.0. The van der Waals surface area contributed by atoms with Crippen molar-refractivity contribution in [2.75, 3.05) is 0 Å². The molecule has 0 spiro atoms. The summed E-state index contributed by atoms with van der Waals surface area (Å²) in [5.41, 5.74) is 10.8. The average Bonchev–Trinajstić information content (AvgIpc) is 3.60. The van der Waals surface area contributed by atoms with E-state index >= 15 is 0 Å². The molecule has 1 radical (unpaired) electrons. The average molecular weight is 801 g/mol.